The molecule has 28 heavy (non-hydrogen) atoms. The van der Waals surface area contributed by atoms with E-state index >= 15 is 0 Å². The van der Waals surface area contributed by atoms with Crippen LogP contribution in [0.1, 0.15) is 26.3 Å². The Balaban J connectivity index is 1.65. The Labute approximate surface area is 170 Å². The minimum absolute atomic E-state index is 0.203. The van der Waals surface area contributed by atoms with Crippen LogP contribution in [0.15, 0.2) is 72.1 Å². The second-order valence-corrected chi connectivity index (χ2v) is 6.36. The fraction of sp³-hybridized carbons (Fsp3) is 0. The van der Waals surface area contributed by atoms with Gasteiger partial charge in [-0.2, -0.15) is 5.10 Å². The van der Waals surface area contributed by atoms with E-state index < -0.39 is 5.97 Å². The molecule has 1 N–H and O–H groups in total. The molecule has 0 spiro atoms. The van der Waals surface area contributed by atoms with Crippen molar-refractivity contribution >= 4 is 41.3 Å². The number of hydrogen-bond acceptors (Lipinski definition) is 5. The summed E-state index contributed by atoms with van der Waals surface area (Å²) < 4.78 is 5.34. The van der Waals surface area contributed by atoms with E-state index in [1.807, 2.05) is 0 Å². The van der Waals surface area contributed by atoms with Crippen molar-refractivity contribution in [1.29, 1.82) is 0 Å². The lowest BCUT2D eigenvalue weighted by Gasteiger charge is -2.06. The molecule has 6 nitrogen and oxygen atoms in total. The van der Waals surface area contributed by atoms with E-state index in [4.69, 9.17) is 27.9 Å². The first kappa shape index (κ1) is 19.5. The quantitative estimate of drug-likeness (QED) is 0.291. The highest BCUT2D eigenvalue weighted by Gasteiger charge is 2.13. The van der Waals surface area contributed by atoms with Gasteiger partial charge in [-0.25, -0.2) is 10.2 Å². The third-order valence-corrected chi connectivity index (χ3v) is 4.09. The van der Waals surface area contributed by atoms with Crippen LogP contribution in [0, 0.1) is 0 Å². The largest absolute Gasteiger partial charge is 0.423 e. The number of rotatable bonds is 5. The highest BCUT2D eigenvalue weighted by molar-refractivity contribution is 6.36. The zero-order chi connectivity index (χ0) is 19.9. The van der Waals surface area contributed by atoms with Gasteiger partial charge >= 0.3 is 5.97 Å². The zero-order valence-electron chi connectivity index (χ0n) is 14.3. The van der Waals surface area contributed by atoms with Crippen molar-refractivity contribution in [3.05, 3.63) is 93.7 Å². The molecule has 0 saturated heterocycles. The van der Waals surface area contributed by atoms with Crippen molar-refractivity contribution < 1.29 is 14.3 Å². The molecule has 0 aliphatic rings. The van der Waals surface area contributed by atoms with Gasteiger partial charge in [0.1, 0.15) is 5.75 Å². The second-order valence-electron chi connectivity index (χ2n) is 5.52. The molecule has 8 heteroatoms. The number of aromatic nitrogens is 1. The lowest BCUT2D eigenvalue weighted by atomic mass is 10.2. The van der Waals surface area contributed by atoms with Gasteiger partial charge in [0.15, 0.2) is 0 Å². The van der Waals surface area contributed by atoms with Crippen LogP contribution in [-0.2, 0) is 0 Å². The molecule has 2 aromatic carbocycles. The molecular weight excluding hydrogens is 401 g/mol. The predicted molar refractivity (Wildman–Crippen MR) is 107 cm³/mol. The van der Waals surface area contributed by atoms with Gasteiger partial charge in [0.05, 0.1) is 16.8 Å². The highest BCUT2D eigenvalue weighted by Crippen LogP contribution is 2.23. The summed E-state index contributed by atoms with van der Waals surface area (Å²) in [4.78, 5) is 28.0. The predicted octanol–water partition coefficient (Wildman–Crippen LogP) is 4.37. The normalized spacial score (nSPS) is 10.6. The number of amides is 1. The van der Waals surface area contributed by atoms with E-state index in [2.05, 4.69) is 15.5 Å². The standard InChI is InChI=1S/C20H13Cl2N3O3/c21-15-4-5-17(18(22)11-15)20(27)28-16-3-1-2-13(10-16)12-24-25-19(26)14-6-8-23-9-7-14/h1-12H,(H,25,26)/b24-12+. The third kappa shape index (κ3) is 5.16. The molecule has 0 aliphatic heterocycles. The van der Waals surface area contributed by atoms with Crippen molar-refractivity contribution in [2.75, 3.05) is 0 Å². The van der Waals surface area contributed by atoms with E-state index in [9.17, 15) is 9.59 Å². The van der Waals surface area contributed by atoms with Gasteiger partial charge in [0.25, 0.3) is 5.91 Å². The molecule has 0 unspecified atom stereocenters. The molecular formula is C20H13Cl2N3O3. The Bertz CT molecular complexity index is 1040. The Morgan fingerprint density at radius 1 is 1.04 bits per heavy atom. The summed E-state index contributed by atoms with van der Waals surface area (Å²) in [5, 5.41) is 4.53. The van der Waals surface area contributed by atoms with Crippen molar-refractivity contribution in [1.82, 2.24) is 10.4 Å². The van der Waals surface area contributed by atoms with Crippen molar-refractivity contribution in [3.8, 4) is 5.75 Å². The number of nitrogens with one attached hydrogen (secondary N) is 1. The Morgan fingerprint density at radius 2 is 1.82 bits per heavy atom. The van der Waals surface area contributed by atoms with Crippen LogP contribution < -0.4 is 10.2 Å². The van der Waals surface area contributed by atoms with Crippen LogP contribution in [0.25, 0.3) is 0 Å². The average molecular weight is 414 g/mol. The Kier molecular flexibility index (Phi) is 6.37. The number of esters is 1. The molecule has 3 aromatic rings. The van der Waals surface area contributed by atoms with Crippen LogP contribution in [0.3, 0.4) is 0 Å². The fourth-order valence-corrected chi connectivity index (χ4v) is 2.69. The summed E-state index contributed by atoms with van der Waals surface area (Å²) in [7, 11) is 0. The van der Waals surface area contributed by atoms with Gasteiger partial charge in [-0.05, 0) is 48.0 Å². The van der Waals surface area contributed by atoms with Crippen LogP contribution in [0.5, 0.6) is 5.75 Å². The van der Waals surface area contributed by atoms with E-state index in [0.717, 1.165) is 0 Å². The summed E-state index contributed by atoms with van der Waals surface area (Å²) in [5.41, 5.74) is 3.68. The van der Waals surface area contributed by atoms with Crippen molar-refractivity contribution in [3.63, 3.8) is 0 Å². The number of hydrogen-bond donors (Lipinski definition) is 1. The van der Waals surface area contributed by atoms with E-state index in [1.165, 1.54) is 30.7 Å². The number of pyridine rings is 1. The maximum absolute atomic E-state index is 12.3. The Hall–Kier alpha value is -3.22. The average Bonchev–Trinajstić information content (AvgIpc) is 2.68. The van der Waals surface area contributed by atoms with Gasteiger partial charge in [0.2, 0.25) is 0 Å². The molecule has 0 fully saturated rings. The first-order valence-corrected chi connectivity index (χ1v) is 8.79. The Morgan fingerprint density at radius 3 is 2.57 bits per heavy atom. The lowest BCUT2D eigenvalue weighted by molar-refractivity contribution is 0.0734. The fourth-order valence-electron chi connectivity index (χ4n) is 2.21. The minimum Gasteiger partial charge on any atom is -0.423 e. The zero-order valence-corrected chi connectivity index (χ0v) is 15.8. The molecule has 1 heterocycles. The third-order valence-electron chi connectivity index (χ3n) is 3.54. The molecule has 1 aromatic heterocycles. The molecule has 0 radical (unpaired) electrons. The summed E-state index contributed by atoms with van der Waals surface area (Å²) in [5.74, 6) is -0.666. The number of benzene rings is 2. The van der Waals surface area contributed by atoms with E-state index in [1.54, 1.807) is 42.5 Å². The first-order chi connectivity index (χ1) is 13.5. The lowest BCUT2D eigenvalue weighted by Crippen LogP contribution is -2.17. The van der Waals surface area contributed by atoms with E-state index in [-0.39, 0.29) is 16.5 Å². The van der Waals surface area contributed by atoms with Gasteiger partial charge in [-0.1, -0.05) is 35.3 Å². The number of hydrazone groups is 1. The molecule has 0 atom stereocenters. The number of carbonyl (C=O) groups is 2. The van der Waals surface area contributed by atoms with Crippen molar-refractivity contribution in [2.45, 2.75) is 0 Å². The van der Waals surface area contributed by atoms with Gasteiger partial charge < -0.3 is 4.74 Å². The maximum Gasteiger partial charge on any atom is 0.345 e. The maximum atomic E-state index is 12.3. The smallest absolute Gasteiger partial charge is 0.345 e. The van der Waals surface area contributed by atoms with Crippen LogP contribution >= 0.6 is 23.2 Å². The summed E-state index contributed by atoms with van der Waals surface area (Å²) in [6.45, 7) is 0. The van der Waals surface area contributed by atoms with Gasteiger partial charge in [-0.3, -0.25) is 9.78 Å². The molecule has 0 aliphatic carbocycles. The van der Waals surface area contributed by atoms with Gasteiger partial charge in [-0.15, -0.1) is 0 Å². The van der Waals surface area contributed by atoms with Crippen LogP contribution in [-0.4, -0.2) is 23.1 Å². The minimum atomic E-state index is -0.609. The first-order valence-electron chi connectivity index (χ1n) is 8.03. The summed E-state index contributed by atoms with van der Waals surface area (Å²) >= 11 is 11.8. The molecule has 0 saturated carbocycles. The summed E-state index contributed by atoms with van der Waals surface area (Å²) in [6.07, 6.45) is 4.47. The van der Waals surface area contributed by atoms with E-state index in [0.29, 0.717) is 21.9 Å². The SMILES string of the molecule is O=C(N/N=C/c1cccc(OC(=O)c2ccc(Cl)cc2Cl)c1)c1ccncc1. The van der Waals surface area contributed by atoms with Crippen LogP contribution in [0.2, 0.25) is 10.0 Å². The second kappa shape index (κ2) is 9.12. The highest BCUT2D eigenvalue weighted by atomic mass is 35.5. The topological polar surface area (TPSA) is 80.6 Å². The van der Waals surface area contributed by atoms with Gasteiger partial charge in [0, 0.05) is 23.0 Å². The summed E-state index contributed by atoms with van der Waals surface area (Å²) in [6, 6.07) is 14.3. The molecule has 0 bridgehead atoms. The molecule has 1 amide bonds. The monoisotopic (exact) mass is 413 g/mol. The number of nitrogens with zero attached hydrogens (tertiary/aromatic N) is 2. The number of halogens is 2. The molecule has 3 rings (SSSR count). The van der Waals surface area contributed by atoms with Crippen LogP contribution in [0.4, 0.5) is 0 Å². The number of carbonyl (C=O) groups excluding carboxylic acids is 2. The van der Waals surface area contributed by atoms with Crippen molar-refractivity contribution in [2.24, 2.45) is 5.10 Å². The number of ether oxygens (including phenoxy) is 1. The molecule has 140 valence electrons.